The van der Waals surface area contributed by atoms with Crippen LogP contribution in [0.1, 0.15) is 29.9 Å². The van der Waals surface area contributed by atoms with Crippen LogP contribution in [0.15, 0.2) is 17.2 Å². The van der Waals surface area contributed by atoms with E-state index in [2.05, 4.69) is 16.6 Å². The molecule has 2 aliphatic rings. The van der Waals surface area contributed by atoms with E-state index >= 15 is 0 Å². The van der Waals surface area contributed by atoms with Crippen LogP contribution in [-0.4, -0.2) is 35.4 Å². The summed E-state index contributed by atoms with van der Waals surface area (Å²) in [6.45, 7) is 10.5. The number of aromatic nitrogens is 1. The molecule has 1 saturated heterocycles. The third kappa shape index (κ3) is 2.23. The number of hydrogen-bond acceptors (Lipinski definition) is 4. The molecular weight excluding hydrogens is 240 g/mol. The summed E-state index contributed by atoms with van der Waals surface area (Å²) >= 11 is 0. The first-order chi connectivity index (χ1) is 9.20. The van der Waals surface area contributed by atoms with Crippen molar-refractivity contribution in [1.29, 1.82) is 0 Å². The Morgan fingerprint density at radius 3 is 3.00 bits per heavy atom. The van der Waals surface area contributed by atoms with Gasteiger partial charge in [-0.1, -0.05) is 11.2 Å². The van der Waals surface area contributed by atoms with Gasteiger partial charge in [0.05, 0.1) is 18.4 Å². The first kappa shape index (κ1) is 12.9. The first-order valence-electron chi connectivity index (χ1n) is 7.09. The molecular formula is C15H22N2O2. The summed E-state index contributed by atoms with van der Waals surface area (Å²) in [7, 11) is 0. The van der Waals surface area contributed by atoms with Gasteiger partial charge >= 0.3 is 0 Å². The standard InChI is InChI=1S/C15H22N2O2/c1-4-7-18-15-12-5-6-14(15)17(8-12)9-13-10(2)16-19-11(13)3/h4,12,14-15H,1,5-9H2,2-3H3/t12-,14+,15-/m0/s1. The topological polar surface area (TPSA) is 38.5 Å². The number of fused-ring (bicyclic) bond motifs is 2. The van der Waals surface area contributed by atoms with Gasteiger partial charge in [0, 0.05) is 24.7 Å². The molecule has 1 aliphatic carbocycles. The van der Waals surface area contributed by atoms with E-state index in [1.54, 1.807) is 0 Å². The molecule has 19 heavy (non-hydrogen) atoms. The van der Waals surface area contributed by atoms with E-state index in [4.69, 9.17) is 9.26 Å². The van der Waals surface area contributed by atoms with Crippen LogP contribution in [0.3, 0.4) is 0 Å². The van der Waals surface area contributed by atoms with Gasteiger partial charge in [0.15, 0.2) is 0 Å². The average molecular weight is 262 g/mol. The lowest BCUT2D eigenvalue weighted by Crippen LogP contribution is -2.35. The zero-order valence-corrected chi connectivity index (χ0v) is 11.8. The molecule has 2 fully saturated rings. The molecule has 3 atom stereocenters. The molecule has 4 nitrogen and oxygen atoms in total. The van der Waals surface area contributed by atoms with Gasteiger partial charge in [0.1, 0.15) is 5.76 Å². The Morgan fingerprint density at radius 1 is 1.47 bits per heavy atom. The maximum atomic E-state index is 5.95. The molecule has 0 amide bonds. The van der Waals surface area contributed by atoms with E-state index in [0.717, 1.165) is 24.5 Å². The molecule has 0 unspecified atom stereocenters. The zero-order chi connectivity index (χ0) is 13.4. The Hall–Kier alpha value is -1.13. The monoisotopic (exact) mass is 262 g/mol. The van der Waals surface area contributed by atoms with Gasteiger partial charge in [-0.15, -0.1) is 6.58 Å². The molecule has 4 heteroatoms. The maximum absolute atomic E-state index is 5.95. The number of piperidine rings is 1. The number of hydrogen-bond donors (Lipinski definition) is 0. The molecule has 2 bridgehead atoms. The van der Waals surface area contributed by atoms with Gasteiger partial charge in [0.2, 0.25) is 0 Å². The lowest BCUT2D eigenvalue weighted by Gasteiger charge is -2.26. The van der Waals surface area contributed by atoms with Crippen molar-refractivity contribution in [2.75, 3.05) is 13.2 Å². The van der Waals surface area contributed by atoms with Gasteiger partial charge in [-0.2, -0.15) is 0 Å². The van der Waals surface area contributed by atoms with Gasteiger partial charge in [0.25, 0.3) is 0 Å². The van der Waals surface area contributed by atoms with Crippen LogP contribution in [-0.2, 0) is 11.3 Å². The third-order valence-corrected chi connectivity index (χ3v) is 4.56. The van der Waals surface area contributed by atoms with Gasteiger partial charge in [-0.25, -0.2) is 0 Å². The van der Waals surface area contributed by atoms with Crippen molar-refractivity contribution in [3.05, 3.63) is 29.7 Å². The number of ether oxygens (including phenoxy) is 1. The fourth-order valence-electron chi connectivity index (χ4n) is 3.59. The van der Waals surface area contributed by atoms with Crippen LogP contribution in [0, 0.1) is 19.8 Å². The summed E-state index contributed by atoms with van der Waals surface area (Å²) < 4.78 is 11.2. The second-order valence-electron chi connectivity index (χ2n) is 5.72. The van der Waals surface area contributed by atoms with Crippen molar-refractivity contribution >= 4 is 0 Å². The summed E-state index contributed by atoms with van der Waals surface area (Å²) in [6.07, 6.45) is 4.77. The van der Waals surface area contributed by atoms with E-state index in [0.29, 0.717) is 24.7 Å². The number of nitrogens with zero attached hydrogens (tertiary/aromatic N) is 2. The largest absolute Gasteiger partial charge is 0.372 e. The van der Waals surface area contributed by atoms with E-state index in [1.165, 1.54) is 18.4 Å². The predicted molar refractivity (Wildman–Crippen MR) is 72.8 cm³/mol. The summed E-state index contributed by atoms with van der Waals surface area (Å²) in [4.78, 5) is 2.54. The summed E-state index contributed by atoms with van der Waals surface area (Å²) in [6, 6.07) is 0.554. The van der Waals surface area contributed by atoms with Crippen molar-refractivity contribution in [3.8, 4) is 0 Å². The molecule has 0 radical (unpaired) electrons. The van der Waals surface area contributed by atoms with Crippen LogP contribution in [0.2, 0.25) is 0 Å². The first-order valence-corrected chi connectivity index (χ1v) is 7.09. The smallest absolute Gasteiger partial charge is 0.138 e. The number of likely N-dealkylation sites (tertiary alicyclic amines) is 1. The Morgan fingerprint density at radius 2 is 2.32 bits per heavy atom. The van der Waals surface area contributed by atoms with Crippen molar-refractivity contribution < 1.29 is 9.26 Å². The lowest BCUT2D eigenvalue weighted by molar-refractivity contribution is 0.0445. The molecule has 0 spiro atoms. The molecule has 1 saturated carbocycles. The minimum Gasteiger partial charge on any atom is -0.372 e. The molecule has 1 aliphatic heterocycles. The lowest BCUT2D eigenvalue weighted by atomic mass is 10.1. The normalized spacial score (nSPS) is 30.1. The Bertz CT molecular complexity index is 449. The Balaban J connectivity index is 1.69. The predicted octanol–water partition coefficient (Wildman–Crippen LogP) is 2.46. The molecule has 1 aromatic rings. The van der Waals surface area contributed by atoms with E-state index < -0.39 is 0 Å². The van der Waals surface area contributed by atoms with Crippen LogP contribution >= 0.6 is 0 Å². The Kier molecular flexibility index (Phi) is 3.46. The van der Waals surface area contributed by atoms with Gasteiger partial charge < -0.3 is 9.26 Å². The summed E-state index contributed by atoms with van der Waals surface area (Å²) in [5, 5.41) is 4.04. The molecule has 1 aromatic heterocycles. The maximum Gasteiger partial charge on any atom is 0.138 e. The highest BCUT2D eigenvalue weighted by Crippen LogP contribution is 2.40. The van der Waals surface area contributed by atoms with Crippen molar-refractivity contribution in [2.24, 2.45) is 5.92 Å². The zero-order valence-electron chi connectivity index (χ0n) is 11.8. The van der Waals surface area contributed by atoms with Crippen LogP contribution in [0.5, 0.6) is 0 Å². The Labute approximate surface area is 114 Å². The number of rotatable bonds is 5. The van der Waals surface area contributed by atoms with E-state index in [9.17, 15) is 0 Å². The highest BCUT2D eigenvalue weighted by atomic mass is 16.5. The SMILES string of the molecule is C=CCO[C@H]1[C@H]2CC[C@H]1N(Cc1c(C)noc1C)C2. The minimum atomic E-state index is 0.387. The van der Waals surface area contributed by atoms with E-state index in [1.807, 2.05) is 19.9 Å². The highest BCUT2D eigenvalue weighted by Gasteiger charge is 2.47. The molecule has 0 N–H and O–H groups in total. The van der Waals surface area contributed by atoms with Gasteiger partial charge in [-0.05, 0) is 32.6 Å². The van der Waals surface area contributed by atoms with Crippen molar-refractivity contribution in [2.45, 2.75) is 45.4 Å². The van der Waals surface area contributed by atoms with Crippen LogP contribution < -0.4 is 0 Å². The average Bonchev–Trinajstić information content (AvgIpc) is 3.04. The molecule has 3 rings (SSSR count). The van der Waals surface area contributed by atoms with Crippen LogP contribution in [0.25, 0.3) is 0 Å². The number of aryl methyl sites for hydroxylation is 2. The molecule has 104 valence electrons. The fraction of sp³-hybridized carbons (Fsp3) is 0.667. The summed E-state index contributed by atoms with van der Waals surface area (Å²) in [5.74, 6) is 1.63. The van der Waals surface area contributed by atoms with Crippen molar-refractivity contribution in [1.82, 2.24) is 10.1 Å². The fourth-order valence-corrected chi connectivity index (χ4v) is 3.59. The second-order valence-corrected chi connectivity index (χ2v) is 5.72. The van der Waals surface area contributed by atoms with Gasteiger partial charge in [-0.3, -0.25) is 4.90 Å². The minimum absolute atomic E-state index is 0.387. The summed E-state index contributed by atoms with van der Waals surface area (Å²) in [5.41, 5.74) is 2.26. The highest BCUT2D eigenvalue weighted by molar-refractivity contribution is 5.21. The molecule has 0 aromatic carbocycles. The third-order valence-electron chi connectivity index (χ3n) is 4.56. The quantitative estimate of drug-likeness (QED) is 0.764. The molecule has 2 heterocycles. The van der Waals surface area contributed by atoms with Crippen molar-refractivity contribution in [3.63, 3.8) is 0 Å². The van der Waals surface area contributed by atoms with E-state index in [-0.39, 0.29) is 0 Å². The van der Waals surface area contributed by atoms with Crippen LogP contribution in [0.4, 0.5) is 0 Å². The second kappa shape index (κ2) is 5.10.